The molecule has 1 N–H and O–H groups in total. The van der Waals surface area contributed by atoms with Gasteiger partial charge in [0, 0.05) is 24.1 Å². The highest BCUT2D eigenvalue weighted by molar-refractivity contribution is 7.98. The minimum atomic E-state index is -4.19. The number of carbonyl (C=O) groups is 1. The van der Waals surface area contributed by atoms with Crippen molar-refractivity contribution in [2.24, 2.45) is 0 Å². The molecule has 0 unspecified atom stereocenters. The Hall–Kier alpha value is -2.66. The molecule has 12 heteroatoms. The van der Waals surface area contributed by atoms with Gasteiger partial charge in [-0.15, -0.1) is 0 Å². The zero-order chi connectivity index (χ0) is 26.4. The van der Waals surface area contributed by atoms with Crippen molar-refractivity contribution in [3.8, 4) is 11.5 Å². The third-order valence-electron chi connectivity index (χ3n) is 5.32. The molecule has 7 nitrogen and oxygen atoms in total. The normalized spacial score (nSPS) is 12.7. The van der Waals surface area contributed by atoms with Crippen molar-refractivity contribution < 1.29 is 27.1 Å². The van der Waals surface area contributed by atoms with Crippen LogP contribution in [0.4, 0.5) is 10.1 Å². The van der Waals surface area contributed by atoms with E-state index in [-0.39, 0.29) is 10.6 Å². The molecule has 0 spiro atoms. The molecule has 3 aromatic rings. The highest BCUT2D eigenvalue weighted by Crippen LogP contribution is 2.34. The van der Waals surface area contributed by atoms with Crippen LogP contribution < -0.4 is 19.1 Å². The number of fused-ring (bicyclic) bond motifs is 1. The Morgan fingerprint density at radius 3 is 2.43 bits per heavy atom. The monoisotopic (exact) mass is 584 g/mol. The minimum Gasteiger partial charge on any atom is -0.486 e. The van der Waals surface area contributed by atoms with Crippen molar-refractivity contribution in [1.29, 1.82) is 0 Å². The van der Waals surface area contributed by atoms with Gasteiger partial charge in [0.25, 0.3) is 10.0 Å². The molecule has 0 fully saturated rings. The van der Waals surface area contributed by atoms with Gasteiger partial charge in [0.15, 0.2) is 11.5 Å². The molecule has 0 atom stereocenters. The van der Waals surface area contributed by atoms with Crippen LogP contribution in [0.15, 0.2) is 65.6 Å². The molecule has 1 aliphatic rings. The van der Waals surface area contributed by atoms with Crippen molar-refractivity contribution in [3.63, 3.8) is 0 Å². The molecular formula is C25H23Cl2FN2O5S2. The number of halogens is 3. The fraction of sp³-hybridized carbons (Fsp3) is 0.240. The average Bonchev–Trinajstić information content (AvgIpc) is 2.89. The molecule has 3 aromatic carbocycles. The van der Waals surface area contributed by atoms with E-state index >= 15 is 0 Å². The number of rotatable bonds is 10. The lowest BCUT2D eigenvalue weighted by molar-refractivity contribution is -0.119. The summed E-state index contributed by atoms with van der Waals surface area (Å²) < 4.78 is 52.6. The first-order chi connectivity index (χ1) is 17.7. The SMILES string of the molecule is O=C(CN(c1ccc(F)cc1)S(=O)(=O)c1ccc2c(c1)OCCO2)NCCSCc1ccc(Cl)c(Cl)c1. The summed E-state index contributed by atoms with van der Waals surface area (Å²) in [5, 5.41) is 3.71. The van der Waals surface area contributed by atoms with Crippen molar-refractivity contribution in [1.82, 2.24) is 5.32 Å². The Bertz CT molecular complexity index is 1370. The Morgan fingerprint density at radius 1 is 0.973 bits per heavy atom. The number of hydrogen-bond donors (Lipinski definition) is 1. The molecule has 1 heterocycles. The summed E-state index contributed by atoms with van der Waals surface area (Å²) in [6.07, 6.45) is 0. The van der Waals surface area contributed by atoms with E-state index in [1.54, 1.807) is 23.9 Å². The molecule has 0 aromatic heterocycles. The summed E-state index contributed by atoms with van der Waals surface area (Å²) in [6, 6.07) is 14.6. The first-order valence-corrected chi connectivity index (χ1v) is 14.6. The van der Waals surface area contributed by atoms with Gasteiger partial charge in [0.2, 0.25) is 5.91 Å². The standard InChI is InChI=1S/C25H23Cl2FN2O5S2/c26-21-7-1-17(13-22(21)27)16-36-12-9-29-25(31)15-30(19-4-2-18(28)3-5-19)37(32,33)20-6-8-23-24(14-20)35-11-10-34-23/h1-8,13-14H,9-12,15-16H2,(H,29,31). The number of benzene rings is 3. The van der Waals surface area contributed by atoms with Crippen LogP contribution in [0.2, 0.25) is 10.0 Å². The van der Waals surface area contributed by atoms with E-state index in [1.807, 2.05) is 6.07 Å². The molecule has 37 heavy (non-hydrogen) atoms. The Morgan fingerprint density at radius 2 is 1.70 bits per heavy atom. The summed E-state index contributed by atoms with van der Waals surface area (Å²) >= 11 is 13.5. The van der Waals surface area contributed by atoms with Crippen molar-refractivity contribution >= 4 is 56.6 Å². The molecule has 0 saturated carbocycles. The summed E-state index contributed by atoms with van der Waals surface area (Å²) in [6.45, 7) is 0.502. The minimum absolute atomic E-state index is 0.0777. The number of anilines is 1. The second-order valence-corrected chi connectivity index (χ2v) is 11.7. The Balaban J connectivity index is 1.42. The molecular weight excluding hydrogens is 562 g/mol. The molecule has 1 aliphatic heterocycles. The van der Waals surface area contributed by atoms with Crippen molar-refractivity contribution in [2.45, 2.75) is 10.6 Å². The van der Waals surface area contributed by atoms with Crippen LogP contribution in [-0.4, -0.2) is 46.4 Å². The first kappa shape index (κ1) is 27.4. The van der Waals surface area contributed by atoms with Gasteiger partial charge in [-0.05, 0) is 54.1 Å². The molecule has 0 radical (unpaired) electrons. The van der Waals surface area contributed by atoms with Crippen LogP contribution in [0.25, 0.3) is 0 Å². The average molecular weight is 586 g/mol. The summed E-state index contributed by atoms with van der Waals surface area (Å²) in [7, 11) is -4.19. The topological polar surface area (TPSA) is 84.9 Å². The number of hydrogen-bond acceptors (Lipinski definition) is 6. The van der Waals surface area contributed by atoms with Gasteiger partial charge in [-0.3, -0.25) is 9.10 Å². The number of amides is 1. The predicted octanol–water partition coefficient (Wildman–Crippen LogP) is 5.15. The fourth-order valence-corrected chi connectivity index (χ4v) is 6.07. The summed E-state index contributed by atoms with van der Waals surface area (Å²) in [5.41, 5.74) is 1.15. The third kappa shape index (κ3) is 7.01. The van der Waals surface area contributed by atoms with E-state index < -0.39 is 28.3 Å². The van der Waals surface area contributed by atoms with Gasteiger partial charge in [-0.1, -0.05) is 29.3 Å². The second-order valence-electron chi connectivity index (χ2n) is 7.94. The molecule has 0 saturated heterocycles. The van der Waals surface area contributed by atoms with Crippen molar-refractivity contribution in [2.75, 3.05) is 36.4 Å². The predicted molar refractivity (Wildman–Crippen MR) is 144 cm³/mol. The van der Waals surface area contributed by atoms with E-state index in [9.17, 15) is 17.6 Å². The number of ether oxygens (including phenoxy) is 2. The van der Waals surface area contributed by atoms with Gasteiger partial charge in [0.05, 0.1) is 20.6 Å². The van der Waals surface area contributed by atoms with Gasteiger partial charge in [-0.25, -0.2) is 12.8 Å². The van der Waals surface area contributed by atoms with Crippen LogP contribution in [-0.2, 0) is 20.6 Å². The van der Waals surface area contributed by atoms with Gasteiger partial charge < -0.3 is 14.8 Å². The lowest BCUT2D eigenvalue weighted by Crippen LogP contribution is -2.41. The lowest BCUT2D eigenvalue weighted by Gasteiger charge is -2.25. The second kappa shape index (κ2) is 12.3. The molecule has 0 bridgehead atoms. The number of carbonyl (C=O) groups excluding carboxylic acids is 1. The van der Waals surface area contributed by atoms with Crippen LogP contribution in [0.1, 0.15) is 5.56 Å². The van der Waals surface area contributed by atoms with Crippen LogP contribution in [0.3, 0.4) is 0 Å². The fourth-order valence-electron chi connectivity index (χ4n) is 3.50. The first-order valence-electron chi connectivity index (χ1n) is 11.2. The number of nitrogens with one attached hydrogen (secondary N) is 1. The Labute approximate surface area is 228 Å². The van der Waals surface area contributed by atoms with E-state index in [0.29, 0.717) is 52.8 Å². The van der Waals surface area contributed by atoms with Gasteiger partial charge >= 0.3 is 0 Å². The summed E-state index contributed by atoms with van der Waals surface area (Å²) in [4.78, 5) is 12.7. The quantitative estimate of drug-likeness (QED) is 0.332. The van der Waals surface area contributed by atoms with Crippen LogP contribution >= 0.6 is 35.0 Å². The van der Waals surface area contributed by atoms with E-state index in [1.165, 1.54) is 30.3 Å². The maximum atomic E-state index is 13.6. The van der Waals surface area contributed by atoms with E-state index in [4.69, 9.17) is 32.7 Å². The van der Waals surface area contributed by atoms with E-state index in [2.05, 4.69) is 5.32 Å². The molecule has 0 aliphatic carbocycles. The number of nitrogens with zero attached hydrogens (tertiary/aromatic N) is 1. The zero-order valence-electron chi connectivity index (χ0n) is 19.5. The highest BCUT2D eigenvalue weighted by Gasteiger charge is 2.29. The molecule has 1 amide bonds. The third-order valence-corrected chi connectivity index (χ3v) is 8.86. The highest BCUT2D eigenvalue weighted by atomic mass is 35.5. The number of sulfonamides is 1. The lowest BCUT2D eigenvalue weighted by atomic mass is 10.2. The van der Waals surface area contributed by atoms with Gasteiger partial charge in [-0.2, -0.15) is 11.8 Å². The maximum absolute atomic E-state index is 13.6. The smallest absolute Gasteiger partial charge is 0.264 e. The summed E-state index contributed by atoms with van der Waals surface area (Å²) in [5.74, 6) is 0.985. The molecule has 4 rings (SSSR count). The maximum Gasteiger partial charge on any atom is 0.264 e. The van der Waals surface area contributed by atoms with Gasteiger partial charge in [0.1, 0.15) is 25.6 Å². The van der Waals surface area contributed by atoms with E-state index in [0.717, 1.165) is 22.0 Å². The Kier molecular flexibility index (Phi) is 9.07. The number of thioether (sulfide) groups is 1. The van der Waals surface area contributed by atoms with Crippen LogP contribution in [0, 0.1) is 5.82 Å². The van der Waals surface area contributed by atoms with Crippen molar-refractivity contribution in [3.05, 3.63) is 82.1 Å². The van der Waals surface area contributed by atoms with Crippen LogP contribution in [0.5, 0.6) is 11.5 Å². The zero-order valence-corrected chi connectivity index (χ0v) is 22.6. The molecule has 196 valence electrons. The largest absolute Gasteiger partial charge is 0.486 e.